The summed E-state index contributed by atoms with van der Waals surface area (Å²) < 4.78 is 5.38. The molecule has 0 amide bonds. The Morgan fingerprint density at radius 3 is 3.11 bits per heavy atom. The fourth-order valence-electron chi connectivity index (χ4n) is 2.31. The summed E-state index contributed by atoms with van der Waals surface area (Å²) in [6.07, 6.45) is 1.99. The van der Waals surface area contributed by atoms with Crippen LogP contribution in [-0.2, 0) is 17.8 Å². The van der Waals surface area contributed by atoms with Crippen molar-refractivity contribution in [2.45, 2.75) is 19.4 Å². The fraction of sp³-hybridized carbons (Fsp3) is 0.267. The smallest absolute Gasteiger partial charge is 0.338 e. The van der Waals surface area contributed by atoms with Gasteiger partial charge in [-0.2, -0.15) is 0 Å². The predicted octanol–water partition coefficient (Wildman–Crippen LogP) is 3.46. The molecule has 1 N–H and O–H groups in total. The Kier molecular flexibility index (Phi) is 3.51. The molecular weight excluding hydrogens is 258 g/mol. The van der Waals surface area contributed by atoms with Gasteiger partial charge in [0.2, 0.25) is 0 Å². The maximum atomic E-state index is 12.2. The molecule has 0 saturated carbocycles. The largest absolute Gasteiger partial charge is 0.456 e. The highest BCUT2D eigenvalue weighted by Gasteiger charge is 2.18. The van der Waals surface area contributed by atoms with E-state index in [1.807, 2.05) is 35.7 Å². The Morgan fingerprint density at radius 1 is 1.32 bits per heavy atom. The molecule has 3 rings (SSSR count). The zero-order valence-electron chi connectivity index (χ0n) is 10.5. The van der Waals surface area contributed by atoms with Crippen LogP contribution in [0.15, 0.2) is 35.7 Å². The van der Waals surface area contributed by atoms with Gasteiger partial charge in [0, 0.05) is 17.1 Å². The number of esters is 1. The SMILES string of the molecule is O=C(OCc1cccs1)c1cccc2c1CCCN2. The molecule has 0 unspecified atom stereocenters. The van der Waals surface area contributed by atoms with Gasteiger partial charge in [-0.25, -0.2) is 4.79 Å². The third-order valence-corrected chi connectivity index (χ3v) is 4.09. The summed E-state index contributed by atoms with van der Waals surface area (Å²) in [5.41, 5.74) is 2.85. The highest BCUT2D eigenvalue weighted by Crippen LogP contribution is 2.26. The zero-order chi connectivity index (χ0) is 13.1. The zero-order valence-corrected chi connectivity index (χ0v) is 11.3. The number of rotatable bonds is 3. The molecule has 2 aromatic rings. The first-order valence-corrected chi connectivity index (χ1v) is 7.28. The molecule has 0 bridgehead atoms. The van der Waals surface area contributed by atoms with Gasteiger partial charge in [-0.3, -0.25) is 0 Å². The van der Waals surface area contributed by atoms with E-state index in [2.05, 4.69) is 5.32 Å². The first-order chi connectivity index (χ1) is 9.34. The van der Waals surface area contributed by atoms with Crippen LogP contribution in [0.25, 0.3) is 0 Å². The van der Waals surface area contributed by atoms with Crippen LogP contribution in [0.5, 0.6) is 0 Å². The normalized spacial score (nSPS) is 13.5. The minimum atomic E-state index is -0.228. The second-order valence-corrected chi connectivity index (χ2v) is 5.55. The fourth-order valence-corrected chi connectivity index (χ4v) is 2.93. The Hall–Kier alpha value is -1.81. The van der Waals surface area contributed by atoms with Gasteiger partial charge in [0.25, 0.3) is 0 Å². The van der Waals surface area contributed by atoms with E-state index in [0.717, 1.165) is 35.5 Å². The van der Waals surface area contributed by atoms with E-state index in [4.69, 9.17) is 4.74 Å². The highest BCUT2D eigenvalue weighted by atomic mass is 32.1. The van der Waals surface area contributed by atoms with E-state index in [0.29, 0.717) is 12.2 Å². The summed E-state index contributed by atoms with van der Waals surface area (Å²) >= 11 is 1.60. The topological polar surface area (TPSA) is 38.3 Å². The van der Waals surface area contributed by atoms with Crippen LogP contribution in [-0.4, -0.2) is 12.5 Å². The highest BCUT2D eigenvalue weighted by molar-refractivity contribution is 7.09. The van der Waals surface area contributed by atoms with Gasteiger partial charge >= 0.3 is 5.97 Å². The van der Waals surface area contributed by atoms with Gasteiger partial charge in [0.05, 0.1) is 5.56 Å². The van der Waals surface area contributed by atoms with Crippen LogP contribution in [0.3, 0.4) is 0 Å². The molecule has 4 heteroatoms. The number of hydrogen-bond acceptors (Lipinski definition) is 4. The molecule has 0 atom stereocenters. The van der Waals surface area contributed by atoms with Crippen LogP contribution in [0.1, 0.15) is 27.2 Å². The Labute approximate surface area is 116 Å². The van der Waals surface area contributed by atoms with Crippen molar-refractivity contribution >= 4 is 23.0 Å². The van der Waals surface area contributed by atoms with Crippen LogP contribution in [0.4, 0.5) is 5.69 Å². The third kappa shape index (κ3) is 2.63. The van der Waals surface area contributed by atoms with Crippen LogP contribution in [0.2, 0.25) is 0 Å². The summed E-state index contributed by atoms with van der Waals surface area (Å²) in [5, 5.41) is 5.31. The van der Waals surface area contributed by atoms with Gasteiger partial charge in [-0.05, 0) is 42.0 Å². The lowest BCUT2D eigenvalue weighted by Crippen LogP contribution is -2.16. The van der Waals surface area contributed by atoms with E-state index in [1.54, 1.807) is 11.3 Å². The molecule has 98 valence electrons. The van der Waals surface area contributed by atoms with Gasteiger partial charge in [0.15, 0.2) is 0 Å². The Morgan fingerprint density at radius 2 is 2.26 bits per heavy atom. The molecular formula is C15H15NO2S. The number of nitrogens with one attached hydrogen (secondary N) is 1. The standard InChI is InChI=1S/C15H15NO2S/c17-15(18-10-11-4-3-9-19-11)13-5-1-7-14-12(13)6-2-8-16-14/h1,3-5,7,9,16H,2,6,8,10H2. The summed E-state index contributed by atoms with van der Waals surface area (Å²) in [6.45, 7) is 1.33. The van der Waals surface area contributed by atoms with Crippen molar-refractivity contribution in [3.05, 3.63) is 51.7 Å². The van der Waals surface area contributed by atoms with E-state index in [9.17, 15) is 4.79 Å². The van der Waals surface area contributed by atoms with Gasteiger partial charge in [0.1, 0.15) is 6.61 Å². The second-order valence-electron chi connectivity index (χ2n) is 4.52. The molecule has 3 nitrogen and oxygen atoms in total. The average Bonchev–Trinajstić information content (AvgIpc) is 2.97. The molecule has 1 aliphatic heterocycles. The molecule has 1 aliphatic rings. The van der Waals surface area contributed by atoms with Crippen LogP contribution < -0.4 is 5.32 Å². The van der Waals surface area contributed by atoms with Crippen molar-refractivity contribution in [3.8, 4) is 0 Å². The number of carbonyl (C=O) groups is 1. The van der Waals surface area contributed by atoms with Crippen molar-refractivity contribution in [1.82, 2.24) is 0 Å². The minimum Gasteiger partial charge on any atom is -0.456 e. The number of carbonyl (C=O) groups excluding carboxylic acids is 1. The van der Waals surface area contributed by atoms with Crippen molar-refractivity contribution < 1.29 is 9.53 Å². The van der Waals surface area contributed by atoms with Gasteiger partial charge in [-0.15, -0.1) is 11.3 Å². The number of anilines is 1. The number of thiophene rings is 1. The van der Waals surface area contributed by atoms with Crippen molar-refractivity contribution in [1.29, 1.82) is 0 Å². The van der Waals surface area contributed by atoms with Gasteiger partial charge in [-0.1, -0.05) is 12.1 Å². The second kappa shape index (κ2) is 5.45. The Balaban J connectivity index is 1.76. The number of hydrogen-bond donors (Lipinski definition) is 1. The van der Waals surface area contributed by atoms with E-state index >= 15 is 0 Å². The van der Waals surface area contributed by atoms with Gasteiger partial charge < -0.3 is 10.1 Å². The van der Waals surface area contributed by atoms with E-state index in [-0.39, 0.29) is 5.97 Å². The summed E-state index contributed by atoms with van der Waals surface area (Å²) in [5.74, 6) is -0.228. The molecule has 0 radical (unpaired) electrons. The quantitative estimate of drug-likeness (QED) is 0.870. The molecule has 2 heterocycles. The third-order valence-electron chi connectivity index (χ3n) is 3.24. The summed E-state index contributed by atoms with van der Waals surface area (Å²) in [4.78, 5) is 13.2. The molecule has 0 spiro atoms. The lowest BCUT2D eigenvalue weighted by molar-refractivity contribution is 0.0475. The average molecular weight is 273 g/mol. The monoisotopic (exact) mass is 273 g/mol. The summed E-state index contributed by atoms with van der Waals surface area (Å²) in [7, 11) is 0. The molecule has 0 fully saturated rings. The maximum absolute atomic E-state index is 12.2. The van der Waals surface area contributed by atoms with E-state index in [1.165, 1.54) is 0 Å². The maximum Gasteiger partial charge on any atom is 0.338 e. The van der Waals surface area contributed by atoms with E-state index < -0.39 is 0 Å². The van der Waals surface area contributed by atoms with Crippen molar-refractivity contribution in [3.63, 3.8) is 0 Å². The lowest BCUT2D eigenvalue weighted by Gasteiger charge is -2.20. The number of ether oxygens (including phenoxy) is 1. The molecule has 1 aromatic heterocycles. The number of fused-ring (bicyclic) bond motifs is 1. The lowest BCUT2D eigenvalue weighted by atomic mass is 9.98. The molecule has 1 aromatic carbocycles. The molecule has 0 saturated heterocycles. The van der Waals surface area contributed by atoms with Crippen LogP contribution in [0, 0.1) is 0 Å². The van der Waals surface area contributed by atoms with Crippen molar-refractivity contribution in [2.75, 3.05) is 11.9 Å². The molecule has 0 aliphatic carbocycles. The minimum absolute atomic E-state index is 0.228. The molecule has 19 heavy (non-hydrogen) atoms. The Bertz CT molecular complexity index is 578. The number of benzene rings is 1. The predicted molar refractivity (Wildman–Crippen MR) is 76.7 cm³/mol. The first-order valence-electron chi connectivity index (χ1n) is 6.40. The van der Waals surface area contributed by atoms with Crippen molar-refractivity contribution in [2.24, 2.45) is 0 Å². The summed E-state index contributed by atoms with van der Waals surface area (Å²) in [6, 6.07) is 9.70. The first kappa shape index (κ1) is 12.2. The van der Waals surface area contributed by atoms with Crippen LogP contribution >= 0.6 is 11.3 Å².